The van der Waals surface area contributed by atoms with E-state index in [1.807, 2.05) is 0 Å². The van der Waals surface area contributed by atoms with Crippen LogP contribution in [0.1, 0.15) is 10.4 Å². The van der Waals surface area contributed by atoms with E-state index in [1.165, 1.54) is 7.11 Å². The number of carbonyl (C=O) groups excluding carboxylic acids is 2. The van der Waals surface area contributed by atoms with Crippen molar-refractivity contribution in [2.24, 2.45) is 0 Å². The second-order valence-corrected chi connectivity index (χ2v) is 5.31. The van der Waals surface area contributed by atoms with E-state index < -0.39 is 12.0 Å². The summed E-state index contributed by atoms with van der Waals surface area (Å²) in [5.74, 6) is 1.24. The Labute approximate surface area is 157 Å². The van der Waals surface area contributed by atoms with Crippen LogP contribution in [-0.4, -0.2) is 46.5 Å². The SMILES string of the molecule is COC(=O)c1ccccc1NC(=O)NCCOc1cc(OC)cc(OC)c1. The molecular formula is C19H22N2O6. The number of carbonyl (C=O) groups is 2. The van der Waals surface area contributed by atoms with Crippen LogP contribution in [0.25, 0.3) is 0 Å². The fraction of sp³-hybridized carbons (Fsp3) is 0.263. The summed E-state index contributed by atoms with van der Waals surface area (Å²) in [6.07, 6.45) is 0. The lowest BCUT2D eigenvalue weighted by Gasteiger charge is -2.12. The zero-order valence-electron chi connectivity index (χ0n) is 15.4. The third-order valence-corrected chi connectivity index (χ3v) is 3.56. The molecule has 0 aliphatic rings. The number of benzene rings is 2. The zero-order chi connectivity index (χ0) is 19.6. The van der Waals surface area contributed by atoms with Crippen molar-refractivity contribution in [3.05, 3.63) is 48.0 Å². The molecule has 0 aliphatic heterocycles. The monoisotopic (exact) mass is 374 g/mol. The van der Waals surface area contributed by atoms with Crippen molar-refractivity contribution in [2.45, 2.75) is 0 Å². The van der Waals surface area contributed by atoms with Gasteiger partial charge in [0.2, 0.25) is 0 Å². The van der Waals surface area contributed by atoms with E-state index in [4.69, 9.17) is 18.9 Å². The van der Waals surface area contributed by atoms with Gasteiger partial charge in [0.25, 0.3) is 0 Å². The van der Waals surface area contributed by atoms with E-state index in [2.05, 4.69) is 10.6 Å². The molecule has 0 aliphatic carbocycles. The van der Waals surface area contributed by atoms with Crippen molar-refractivity contribution >= 4 is 17.7 Å². The maximum Gasteiger partial charge on any atom is 0.339 e. The Morgan fingerprint density at radius 2 is 1.56 bits per heavy atom. The summed E-state index contributed by atoms with van der Waals surface area (Å²) in [5.41, 5.74) is 0.634. The summed E-state index contributed by atoms with van der Waals surface area (Å²) < 4.78 is 20.6. The fourth-order valence-corrected chi connectivity index (χ4v) is 2.24. The second kappa shape index (κ2) is 9.91. The fourth-order valence-electron chi connectivity index (χ4n) is 2.24. The Kier molecular flexibility index (Phi) is 7.30. The molecule has 2 rings (SSSR count). The molecule has 0 fully saturated rings. The maximum atomic E-state index is 12.0. The first-order chi connectivity index (χ1) is 13.1. The van der Waals surface area contributed by atoms with Crippen LogP contribution in [0, 0.1) is 0 Å². The molecule has 0 heterocycles. The molecule has 0 spiro atoms. The first kappa shape index (κ1) is 19.9. The van der Waals surface area contributed by atoms with Crippen molar-refractivity contribution in [1.82, 2.24) is 5.32 Å². The molecular weight excluding hydrogens is 352 g/mol. The lowest BCUT2D eigenvalue weighted by Crippen LogP contribution is -2.32. The summed E-state index contributed by atoms with van der Waals surface area (Å²) >= 11 is 0. The third kappa shape index (κ3) is 5.81. The number of para-hydroxylation sites is 1. The van der Waals surface area contributed by atoms with Gasteiger partial charge >= 0.3 is 12.0 Å². The normalized spacial score (nSPS) is 9.89. The van der Waals surface area contributed by atoms with Gasteiger partial charge in [0, 0.05) is 18.2 Å². The first-order valence-electron chi connectivity index (χ1n) is 8.15. The number of anilines is 1. The lowest BCUT2D eigenvalue weighted by molar-refractivity contribution is 0.0602. The number of rotatable bonds is 8. The molecule has 0 saturated carbocycles. The summed E-state index contributed by atoms with van der Waals surface area (Å²) in [4.78, 5) is 23.7. The van der Waals surface area contributed by atoms with Crippen LogP contribution in [0.2, 0.25) is 0 Å². The number of urea groups is 1. The van der Waals surface area contributed by atoms with Crippen LogP contribution in [0.3, 0.4) is 0 Å². The molecule has 0 bridgehead atoms. The number of hydrogen-bond donors (Lipinski definition) is 2. The highest BCUT2D eigenvalue weighted by molar-refractivity contribution is 6.00. The molecule has 2 N–H and O–H groups in total. The highest BCUT2D eigenvalue weighted by Crippen LogP contribution is 2.27. The van der Waals surface area contributed by atoms with Gasteiger partial charge in [0.15, 0.2) is 0 Å². The number of hydrogen-bond acceptors (Lipinski definition) is 6. The van der Waals surface area contributed by atoms with Crippen LogP contribution >= 0.6 is 0 Å². The van der Waals surface area contributed by atoms with Crippen LogP contribution < -0.4 is 24.8 Å². The van der Waals surface area contributed by atoms with Gasteiger partial charge in [-0.2, -0.15) is 0 Å². The Morgan fingerprint density at radius 3 is 2.19 bits per heavy atom. The molecule has 0 unspecified atom stereocenters. The minimum atomic E-state index is -0.527. The Hall–Kier alpha value is -3.42. The molecule has 0 saturated heterocycles. The molecule has 2 aromatic rings. The van der Waals surface area contributed by atoms with Crippen LogP contribution in [-0.2, 0) is 4.74 Å². The molecule has 0 atom stereocenters. The number of methoxy groups -OCH3 is 3. The van der Waals surface area contributed by atoms with Crippen LogP contribution in [0.5, 0.6) is 17.2 Å². The van der Waals surface area contributed by atoms with Gasteiger partial charge in [0.05, 0.1) is 39.1 Å². The quantitative estimate of drug-likeness (QED) is 0.545. The van der Waals surface area contributed by atoms with Gasteiger partial charge in [-0.3, -0.25) is 0 Å². The van der Waals surface area contributed by atoms with E-state index in [-0.39, 0.29) is 18.7 Å². The summed E-state index contributed by atoms with van der Waals surface area (Å²) in [7, 11) is 4.39. The average Bonchev–Trinajstić information content (AvgIpc) is 2.70. The summed E-state index contributed by atoms with van der Waals surface area (Å²) in [5, 5.41) is 5.27. The molecule has 2 amide bonds. The van der Waals surface area contributed by atoms with Gasteiger partial charge in [-0.05, 0) is 12.1 Å². The van der Waals surface area contributed by atoms with Crippen molar-refractivity contribution in [3.63, 3.8) is 0 Å². The van der Waals surface area contributed by atoms with E-state index in [1.54, 1.807) is 56.7 Å². The zero-order valence-corrected chi connectivity index (χ0v) is 15.4. The van der Waals surface area contributed by atoms with Crippen molar-refractivity contribution in [3.8, 4) is 17.2 Å². The Morgan fingerprint density at radius 1 is 0.926 bits per heavy atom. The summed E-state index contributed by atoms with van der Waals surface area (Å²) in [6.45, 7) is 0.494. The van der Waals surface area contributed by atoms with Gasteiger partial charge in [-0.1, -0.05) is 12.1 Å². The number of esters is 1. The van der Waals surface area contributed by atoms with E-state index in [0.29, 0.717) is 22.9 Å². The predicted molar refractivity (Wildman–Crippen MR) is 99.8 cm³/mol. The maximum absolute atomic E-state index is 12.0. The first-order valence-corrected chi connectivity index (χ1v) is 8.15. The van der Waals surface area contributed by atoms with Crippen molar-refractivity contribution in [2.75, 3.05) is 39.8 Å². The van der Waals surface area contributed by atoms with Crippen LogP contribution in [0.15, 0.2) is 42.5 Å². The number of nitrogens with one attached hydrogen (secondary N) is 2. The molecule has 0 radical (unpaired) electrons. The minimum Gasteiger partial charge on any atom is -0.496 e. The summed E-state index contributed by atoms with van der Waals surface area (Å²) in [6, 6.07) is 11.3. The standard InChI is InChI=1S/C19H22N2O6/c1-24-13-10-14(25-2)12-15(11-13)27-9-8-20-19(23)21-17-7-5-4-6-16(17)18(22)26-3/h4-7,10-12H,8-9H2,1-3H3,(H2,20,21,23). The van der Waals surface area contributed by atoms with E-state index in [9.17, 15) is 9.59 Å². The molecule has 0 aromatic heterocycles. The molecule has 2 aromatic carbocycles. The Balaban J connectivity index is 1.84. The molecule has 27 heavy (non-hydrogen) atoms. The molecule has 8 heteroatoms. The minimum absolute atomic E-state index is 0.238. The smallest absolute Gasteiger partial charge is 0.339 e. The van der Waals surface area contributed by atoms with Gasteiger partial charge in [0.1, 0.15) is 23.9 Å². The highest BCUT2D eigenvalue weighted by Gasteiger charge is 2.12. The predicted octanol–water partition coefficient (Wildman–Crippen LogP) is 2.69. The van der Waals surface area contributed by atoms with E-state index >= 15 is 0 Å². The lowest BCUT2D eigenvalue weighted by atomic mass is 10.2. The topological polar surface area (TPSA) is 95.1 Å². The van der Waals surface area contributed by atoms with Crippen LogP contribution in [0.4, 0.5) is 10.5 Å². The number of ether oxygens (including phenoxy) is 4. The Bertz CT molecular complexity index is 771. The largest absolute Gasteiger partial charge is 0.496 e. The number of amides is 2. The molecule has 8 nitrogen and oxygen atoms in total. The van der Waals surface area contributed by atoms with Gasteiger partial charge in [-0.15, -0.1) is 0 Å². The van der Waals surface area contributed by atoms with Gasteiger partial charge < -0.3 is 29.6 Å². The van der Waals surface area contributed by atoms with E-state index in [0.717, 1.165) is 0 Å². The highest BCUT2D eigenvalue weighted by atomic mass is 16.5. The van der Waals surface area contributed by atoms with Gasteiger partial charge in [-0.25, -0.2) is 9.59 Å². The molecule has 144 valence electrons. The second-order valence-electron chi connectivity index (χ2n) is 5.31. The van der Waals surface area contributed by atoms with Crippen molar-refractivity contribution < 1.29 is 28.5 Å². The van der Waals surface area contributed by atoms with Crippen molar-refractivity contribution in [1.29, 1.82) is 0 Å². The average molecular weight is 374 g/mol. The third-order valence-electron chi connectivity index (χ3n) is 3.56.